The van der Waals surface area contributed by atoms with Gasteiger partial charge in [0.25, 0.3) is 0 Å². The second-order valence-electron chi connectivity index (χ2n) is 13.9. The van der Waals surface area contributed by atoms with Crippen molar-refractivity contribution in [3.63, 3.8) is 0 Å². The molecule has 1 N–H and O–H groups in total. The molecule has 0 spiro atoms. The summed E-state index contributed by atoms with van der Waals surface area (Å²) in [4.78, 5) is 25.7. The molecule has 0 aromatic rings. The predicted molar refractivity (Wildman–Crippen MR) is 132 cm³/mol. The zero-order valence-electron chi connectivity index (χ0n) is 20.4. The Bertz CT molecular complexity index is 870. The number of hydrogen-bond donors (Lipinski definition) is 1. The molecule has 7 atom stereocenters. The summed E-state index contributed by atoms with van der Waals surface area (Å²) in [5.41, 5.74) is 0.487. The minimum Gasteiger partial charge on any atom is -0.353 e. The molecule has 0 aromatic carbocycles. The van der Waals surface area contributed by atoms with E-state index in [1.165, 1.54) is 51.4 Å². The Hall–Kier alpha value is -0.770. The van der Waals surface area contributed by atoms with E-state index >= 15 is 0 Å². The number of thioether (sulfide) groups is 1. The molecule has 4 heteroatoms. The number of hydrogen-bond acceptors (Lipinski definition) is 3. The Morgan fingerprint density at radius 2 is 1.70 bits per heavy atom. The summed E-state index contributed by atoms with van der Waals surface area (Å²) < 4.78 is 0. The van der Waals surface area contributed by atoms with Gasteiger partial charge >= 0.3 is 0 Å². The summed E-state index contributed by atoms with van der Waals surface area (Å²) in [6.07, 6.45) is 18.3. The van der Waals surface area contributed by atoms with Crippen molar-refractivity contribution in [2.24, 2.45) is 58.2 Å². The number of nitrogens with one attached hydrogen (secondary N) is 1. The summed E-state index contributed by atoms with van der Waals surface area (Å²) in [6, 6.07) is 0.477. The van der Waals surface area contributed by atoms with Gasteiger partial charge in [0.1, 0.15) is 0 Å². The minimum atomic E-state index is 0.156. The summed E-state index contributed by atoms with van der Waals surface area (Å²) in [5, 5.41) is 4.38. The van der Waals surface area contributed by atoms with E-state index < -0.39 is 0 Å². The van der Waals surface area contributed by atoms with Gasteiger partial charge < -0.3 is 5.32 Å². The molecule has 3 nitrogen and oxygen atoms in total. The van der Waals surface area contributed by atoms with Gasteiger partial charge in [-0.2, -0.15) is 0 Å². The summed E-state index contributed by atoms with van der Waals surface area (Å²) in [7, 11) is 0. The first-order valence-corrected chi connectivity index (χ1v) is 14.9. The van der Waals surface area contributed by atoms with Gasteiger partial charge in [0.2, 0.25) is 11.0 Å². The third kappa shape index (κ3) is 3.21. The number of carbonyl (C=O) groups excluding carboxylic acids is 2. The van der Waals surface area contributed by atoms with Crippen molar-refractivity contribution in [2.45, 2.75) is 95.8 Å². The number of rotatable bonds is 2. The lowest BCUT2D eigenvalue weighted by Gasteiger charge is -2.57. The first-order chi connectivity index (χ1) is 15.8. The standard InChI is InChI=1S/C29H41NO2S/c1-28-7-5-22-21(3-4-24-29(22,2)8-6-25(31)33-24)23(28)14-20(15-28)27(32)30-26-18-10-16-9-17(12-18)13-19(26)11-16/h6,8,16-24,26H,3-5,7,9-15H2,1-2H3,(H,30,32)/t16?,17?,18?,19?,20?,21-,22-,23+,24?,26?,28-,29-/m1/s1. The van der Waals surface area contributed by atoms with Crippen molar-refractivity contribution in [1.29, 1.82) is 0 Å². The molecule has 0 aromatic heterocycles. The van der Waals surface area contributed by atoms with Gasteiger partial charge in [-0.3, -0.25) is 9.59 Å². The zero-order chi connectivity index (χ0) is 22.5. The maximum atomic E-state index is 13.6. The van der Waals surface area contributed by atoms with Crippen LogP contribution >= 0.6 is 11.8 Å². The monoisotopic (exact) mass is 467 g/mol. The molecule has 0 radical (unpaired) electrons. The van der Waals surface area contributed by atoms with Gasteiger partial charge in [-0.05, 0) is 124 Å². The summed E-state index contributed by atoms with van der Waals surface area (Å²) in [6.45, 7) is 4.94. The molecule has 8 aliphatic rings. The van der Waals surface area contributed by atoms with Gasteiger partial charge in [0.15, 0.2) is 0 Å². The van der Waals surface area contributed by atoms with Crippen molar-refractivity contribution < 1.29 is 9.59 Å². The number of carbonyl (C=O) groups is 2. The lowest BCUT2D eigenvalue weighted by molar-refractivity contribution is -0.129. The normalized spacial score (nSPS) is 56.2. The highest BCUT2D eigenvalue weighted by molar-refractivity contribution is 8.14. The lowest BCUT2D eigenvalue weighted by atomic mass is 9.50. The highest BCUT2D eigenvalue weighted by Gasteiger charge is 2.60. The number of fused-ring (bicyclic) bond motifs is 5. The van der Waals surface area contributed by atoms with Crippen LogP contribution < -0.4 is 5.32 Å². The molecule has 1 heterocycles. The molecule has 7 fully saturated rings. The molecule has 180 valence electrons. The van der Waals surface area contributed by atoms with Crippen LogP contribution in [0.25, 0.3) is 0 Å². The van der Waals surface area contributed by atoms with Crippen LogP contribution in [0.15, 0.2) is 12.2 Å². The second-order valence-corrected chi connectivity index (χ2v) is 15.1. The quantitative estimate of drug-likeness (QED) is 0.543. The molecule has 8 rings (SSSR count). The molecule has 1 aliphatic heterocycles. The van der Waals surface area contributed by atoms with E-state index in [-0.39, 0.29) is 16.4 Å². The van der Waals surface area contributed by atoms with E-state index in [4.69, 9.17) is 0 Å². The molecule has 1 amide bonds. The van der Waals surface area contributed by atoms with Gasteiger partial charge in [-0.25, -0.2) is 0 Å². The summed E-state index contributed by atoms with van der Waals surface area (Å²) in [5.74, 6) is 6.16. The Morgan fingerprint density at radius 3 is 2.42 bits per heavy atom. The van der Waals surface area contributed by atoms with Crippen molar-refractivity contribution in [1.82, 2.24) is 5.32 Å². The maximum absolute atomic E-state index is 13.6. The van der Waals surface area contributed by atoms with Crippen LogP contribution in [0, 0.1) is 58.2 Å². The van der Waals surface area contributed by atoms with Crippen molar-refractivity contribution in [3.8, 4) is 0 Å². The fraction of sp³-hybridized carbons (Fsp3) is 0.862. The molecule has 0 saturated heterocycles. The van der Waals surface area contributed by atoms with E-state index in [9.17, 15) is 9.59 Å². The topological polar surface area (TPSA) is 46.2 Å². The van der Waals surface area contributed by atoms with Crippen molar-refractivity contribution >= 4 is 22.8 Å². The first-order valence-electron chi connectivity index (χ1n) is 14.0. The third-order valence-corrected chi connectivity index (χ3v) is 13.6. The second kappa shape index (κ2) is 7.37. The van der Waals surface area contributed by atoms with E-state index in [0.717, 1.165) is 48.9 Å². The van der Waals surface area contributed by atoms with E-state index in [1.54, 1.807) is 11.8 Å². The van der Waals surface area contributed by atoms with E-state index in [0.29, 0.717) is 34.4 Å². The fourth-order valence-corrected chi connectivity index (χ4v) is 12.1. The Labute approximate surface area is 203 Å². The average molecular weight is 468 g/mol. The van der Waals surface area contributed by atoms with Crippen LogP contribution in [-0.2, 0) is 9.59 Å². The Balaban J connectivity index is 1.07. The van der Waals surface area contributed by atoms with Crippen molar-refractivity contribution in [3.05, 3.63) is 12.2 Å². The van der Waals surface area contributed by atoms with Crippen LogP contribution in [-0.4, -0.2) is 22.3 Å². The van der Waals surface area contributed by atoms with E-state index in [2.05, 4.69) is 25.2 Å². The molecule has 7 saturated carbocycles. The molecular weight excluding hydrogens is 426 g/mol. The van der Waals surface area contributed by atoms with E-state index in [1.807, 2.05) is 6.08 Å². The lowest BCUT2D eigenvalue weighted by Crippen LogP contribution is -2.56. The van der Waals surface area contributed by atoms with Crippen LogP contribution in [0.4, 0.5) is 0 Å². The molecule has 2 unspecified atom stereocenters. The van der Waals surface area contributed by atoms with Gasteiger partial charge in [-0.1, -0.05) is 31.7 Å². The first kappa shape index (κ1) is 21.5. The highest BCUT2D eigenvalue weighted by Crippen LogP contribution is 2.66. The molecule has 33 heavy (non-hydrogen) atoms. The minimum absolute atomic E-state index is 0.156. The Morgan fingerprint density at radius 1 is 0.970 bits per heavy atom. The largest absolute Gasteiger partial charge is 0.353 e. The fourth-order valence-electron chi connectivity index (χ4n) is 10.9. The van der Waals surface area contributed by atoms with Crippen LogP contribution in [0.2, 0.25) is 0 Å². The maximum Gasteiger partial charge on any atom is 0.223 e. The van der Waals surface area contributed by atoms with Crippen LogP contribution in [0.1, 0.15) is 84.5 Å². The van der Waals surface area contributed by atoms with Crippen LogP contribution in [0.3, 0.4) is 0 Å². The average Bonchev–Trinajstić information content (AvgIpc) is 3.14. The van der Waals surface area contributed by atoms with Crippen LogP contribution in [0.5, 0.6) is 0 Å². The number of allylic oxidation sites excluding steroid dienone is 1. The molecule has 4 bridgehead atoms. The predicted octanol–water partition coefficient (Wildman–Crippen LogP) is 5.98. The van der Waals surface area contributed by atoms with Gasteiger partial charge in [0, 0.05) is 22.6 Å². The zero-order valence-corrected chi connectivity index (χ0v) is 21.2. The molecular formula is C29H41NO2S. The Kier molecular flexibility index (Phi) is 4.80. The third-order valence-electron chi connectivity index (χ3n) is 12.2. The van der Waals surface area contributed by atoms with Crippen molar-refractivity contribution in [2.75, 3.05) is 0 Å². The van der Waals surface area contributed by atoms with Gasteiger partial charge in [-0.15, -0.1) is 0 Å². The van der Waals surface area contributed by atoms with Gasteiger partial charge in [0.05, 0.1) is 0 Å². The molecule has 7 aliphatic carbocycles. The summed E-state index contributed by atoms with van der Waals surface area (Å²) >= 11 is 1.60. The smallest absolute Gasteiger partial charge is 0.223 e. The SMILES string of the molecule is C[C@]12CC[C@@H]3[C@@H](CCC4SC(=O)C=C[C@@]43C)[C@@H]1CC(C(=O)NC1C3CC4CC(C3)CC1C4)C2. The highest BCUT2D eigenvalue weighted by atomic mass is 32.2. The number of amides is 1.